The molecule has 0 saturated heterocycles. The maximum absolute atomic E-state index is 12.5. The Kier molecular flexibility index (Phi) is 6.39. The molecule has 0 radical (unpaired) electrons. The van der Waals surface area contributed by atoms with Crippen LogP contribution < -0.4 is 15.5 Å². The van der Waals surface area contributed by atoms with Crippen molar-refractivity contribution in [1.82, 2.24) is 5.32 Å². The molecule has 2 aromatic rings. The molecule has 0 unspecified atom stereocenters. The normalized spacial score (nSPS) is 13.1. The molecule has 0 saturated carbocycles. The predicted molar refractivity (Wildman–Crippen MR) is 116 cm³/mol. The van der Waals surface area contributed by atoms with Crippen LogP contribution in [0.3, 0.4) is 0 Å². The average Bonchev–Trinajstić information content (AvgIpc) is 2.74. The zero-order chi connectivity index (χ0) is 22.6. The van der Waals surface area contributed by atoms with E-state index in [1.165, 1.54) is 4.90 Å². The van der Waals surface area contributed by atoms with Crippen LogP contribution in [0.25, 0.3) is 0 Å². The molecule has 0 fully saturated rings. The molecule has 3 amide bonds. The Morgan fingerprint density at radius 3 is 2.42 bits per heavy atom. The van der Waals surface area contributed by atoms with Crippen LogP contribution in [-0.2, 0) is 24.5 Å². The van der Waals surface area contributed by atoms with Gasteiger partial charge in [-0.25, -0.2) is 0 Å². The van der Waals surface area contributed by atoms with Gasteiger partial charge in [-0.3, -0.25) is 24.1 Å². The summed E-state index contributed by atoms with van der Waals surface area (Å²) in [7, 11) is 0. The van der Waals surface area contributed by atoms with Crippen LogP contribution in [0, 0.1) is 0 Å². The molecular formula is C23H25N3O5. The fraction of sp³-hybridized carbons (Fsp3) is 0.304. The number of ether oxygens (including phenoxy) is 1. The molecule has 0 aliphatic carbocycles. The van der Waals surface area contributed by atoms with Gasteiger partial charge < -0.3 is 15.4 Å². The Hall–Kier alpha value is -3.68. The number of hydrogen-bond acceptors (Lipinski definition) is 5. The van der Waals surface area contributed by atoms with E-state index >= 15 is 0 Å². The lowest BCUT2D eigenvalue weighted by Gasteiger charge is -2.28. The van der Waals surface area contributed by atoms with E-state index < -0.39 is 24.4 Å². The first-order chi connectivity index (χ1) is 14.6. The highest BCUT2D eigenvalue weighted by Crippen LogP contribution is 2.28. The molecule has 31 heavy (non-hydrogen) atoms. The largest absolute Gasteiger partial charge is 0.454 e. The number of rotatable bonds is 5. The van der Waals surface area contributed by atoms with E-state index in [0.29, 0.717) is 16.9 Å². The van der Waals surface area contributed by atoms with Gasteiger partial charge in [-0.2, -0.15) is 0 Å². The van der Waals surface area contributed by atoms with E-state index in [1.807, 2.05) is 12.1 Å². The molecule has 0 bridgehead atoms. The van der Waals surface area contributed by atoms with E-state index in [9.17, 15) is 19.2 Å². The van der Waals surface area contributed by atoms with Gasteiger partial charge in [0, 0.05) is 5.56 Å². The van der Waals surface area contributed by atoms with Gasteiger partial charge in [0.2, 0.25) is 5.91 Å². The number of anilines is 2. The second-order valence-corrected chi connectivity index (χ2v) is 8.22. The zero-order valence-corrected chi connectivity index (χ0v) is 17.7. The maximum Gasteiger partial charge on any atom is 0.325 e. The van der Waals surface area contributed by atoms with Crippen LogP contribution >= 0.6 is 0 Å². The zero-order valence-electron chi connectivity index (χ0n) is 17.7. The van der Waals surface area contributed by atoms with Gasteiger partial charge >= 0.3 is 5.97 Å². The summed E-state index contributed by atoms with van der Waals surface area (Å²) in [5.41, 5.74) is 2.54. The SMILES string of the molecule is CC(C)(C)c1ccc(C(=O)NCC(=O)OCC(=O)N2CC(=O)Nc3ccccc32)cc1. The molecule has 2 N–H and O–H groups in total. The average molecular weight is 423 g/mol. The molecule has 1 heterocycles. The number of nitrogens with one attached hydrogen (secondary N) is 2. The van der Waals surface area contributed by atoms with Gasteiger partial charge in [-0.1, -0.05) is 45.0 Å². The minimum atomic E-state index is -0.747. The van der Waals surface area contributed by atoms with Crippen molar-refractivity contribution in [3.05, 3.63) is 59.7 Å². The Balaban J connectivity index is 1.50. The van der Waals surface area contributed by atoms with Crippen LogP contribution in [0.5, 0.6) is 0 Å². The number of hydrogen-bond donors (Lipinski definition) is 2. The highest BCUT2D eigenvalue weighted by Gasteiger charge is 2.27. The van der Waals surface area contributed by atoms with E-state index in [1.54, 1.807) is 36.4 Å². The summed E-state index contributed by atoms with van der Waals surface area (Å²) in [5, 5.41) is 5.16. The van der Waals surface area contributed by atoms with Crippen LogP contribution in [0.15, 0.2) is 48.5 Å². The Morgan fingerprint density at radius 2 is 1.74 bits per heavy atom. The predicted octanol–water partition coefficient (Wildman–Crippen LogP) is 2.24. The third-order valence-corrected chi connectivity index (χ3v) is 4.83. The Bertz CT molecular complexity index is 1010. The summed E-state index contributed by atoms with van der Waals surface area (Å²) in [6, 6.07) is 14.0. The monoisotopic (exact) mass is 423 g/mol. The first-order valence-corrected chi connectivity index (χ1v) is 9.89. The highest BCUT2D eigenvalue weighted by molar-refractivity contribution is 6.10. The fourth-order valence-corrected chi connectivity index (χ4v) is 3.10. The first-order valence-electron chi connectivity index (χ1n) is 9.89. The fourth-order valence-electron chi connectivity index (χ4n) is 3.10. The van der Waals surface area contributed by atoms with Gasteiger partial charge in [-0.05, 0) is 35.2 Å². The lowest BCUT2D eigenvalue weighted by Crippen LogP contribution is -2.44. The molecular weight excluding hydrogens is 398 g/mol. The molecule has 3 rings (SSSR count). The second kappa shape index (κ2) is 8.99. The number of esters is 1. The third-order valence-electron chi connectivity index (χ3n) is 4.83. The lowest BCUT2D eigenvalue weighted by atomic mass is 9.87. The van der Waals surface area contributed by atoms with Crippen molar-refractivity contribution in [2.45, 2.75) is 26.2 Å². The molecule has 162 valence electrons. The highest BCUT2D eigenvalue weighted by atomic mass is 16.5. The van der Waals surface area contributed by atoms with E-state index in [2.05, 4.69) is 31.4 Å². The standard InChI is InChI=1S/C23H25N3O5/c1-23(2,3)16-10-8-15(9-11-16)22(30)24-12-21(29)31-14-20(28)26-13-19(27)25-17-6-4-5-7-18(17)26/h4-11H,12-14H2,1-3H3,(H,24,30)(H,25,27). The molecule has 1 aliphatic rings. The van der Waals surface area contributed by atoms with Crippen molar-refractivity contribution >= 4 is 35.1 Å². The van der Waals surface area contributed by atoms with E-state index in [0.717, 1.165) is 5.56 Å². The molecule has 1 aliphatic heterocycles. The number of carbonyl (C=O) groups is 4. The Morgan fingerprint density at radius 1 is 1.06 bits per heavy atom. The molecule has 8 heteroatoms. The van der Waals surface area contributed by atoms with Gasteiger partial charge in [0.1, 0.15) is 13.1 Å². The smallest absolute Gasteiger partial charge is 0.325 e. The van der Waals surface area contributed by atoms with Crippen molar-refractivity contribution in [2.24, 2.45) is 0 Å². The molecule has 0 atom stereocenters. The first kappa shape index (κ1) is 22.0. The summed E-state index contributed by atoms with van der Waals surface area (Å²) < 4.78 is 4.98. The summed E-state index contributed by atoms with van der Waals surface area (Å²) in [6.07, 6.45) is 0. The number of carbonyl (C=O) groups excluding carboxylic acids is 4. The number of fused-ring (bicyclic) bond motifs is 1. The summed E-state index contributed by atoms with van der Waals surface area (Å²) >= 11 is 0. The van der Waals surface area contributed by atoms with Crippen LogP contribution in [-0.4, -0.2) is 43.4 Å². The summed E-state index contributed by atoms with van der Waals surface area (Å²) in [5.74, 6) is -2.02. The summed E-state index contributed by atoms with van der Waals surface area (Å²) in [4.78, 5) is 49.7. The van der Waals surface area contributed by atoms with E-state index in [-0.39, 0.29) is 24.4 Å². The van der Waals surface area contributed by atoms with Crippen molar-refractivity contribution < 1.29 is 23.9 Å². The van der Waals surface area contributed by atoms with Crippen LogP contribution in [0.4, 0.5) is 11.4 Å². The molecule has 2 aromatic carbocycles. The van der Waals surface area contributed by atoms with Crippen molar-refractivity contribution in [3.8, 4) is 0 Å². The Labute approximate surface area is 180 Å². The summed E-state index contributed by atoms with van der Waals surface area (Å²) in [6.45, 7) is 5.17. The molecule has 0 aromatic heterocycles. The van der Waals surface area contributed by atoms with Crippen molar-refractivity contribution in [3.63, 3.8) is 0 Å². The van der Waals surface area contributed by atoms with Gasteiger partial charge in [0.05, 0.1) is 11.4 Å². The topological polar surface area (TPSA) is 105 Å². The van der Waals surface area contributed by atoms with Crippen molar-refractivity contribution in [2.75, 3.05) is 29.9 Å². The number of benzene rings is 2. The van der Waals surface area contributed by atoms with Crippen LogP contribution in [0.2, 0.25) is 0 Å². The third kappa shape index (κ3) is 5.48. The van der Waals surface area contributed by atoms with E-state index in [4.69, 9.17) is 4.74 Å². The van der Waals surface area contributed by atoms with Crippen LogP contribution in [0.1, 0.15) is 36.7 Å². The second-order valence-electron chi connectivity index (χ2n) is 8.22. The minimum Gasteiger partial charge on any atom is -0.454 e. The van der Waals surface area contributed by atoms with Gasteiger partial charge in [0.15, 0.2) is 6.61 Å². The van der Waals surface area contributed by atoms with Crippen molar-refractivity contribution in [1.29, 1.82) is 0 Å². The minimum absolute atomic E-state index is 0.0269. The maximum atomic E-state index is 12.5. The quantitative estimate of drug-likeness (QED) is 0.718. The van der Waals surface area contributed by atoms with Gasteiger partial charge in [-0.15, -0.1) is 0 Å². The van der Waals surface area contributed by atoms with Gasteiger partial charge in [0.25, 0.3) is 11.8 Å². The molecule has 8 nitrogen and oxygen atoms in total. The lowest BCUT2D eigenvalue weighted by molar-refractivity contribution is -0.146. The number of amides is 3. The molecule has 0 spiro atoms. The number of nitrogens with zero attached hydrogens (tertiary/aromatic N) is 1. The number of para-hydroxylation sites is 2.